The van der Waals surface area contributed by atoms with Crippen molar-refractivity contribution in [1.82, 2.24) is 0 Å². The quantitative estimate of drug-likeness (QED) is 0.671. The van der Waals surface area contributed by atoms with Gasteiger partial charge in [-0.2, -0.15) is 0 Å². The molecule has 2 fully saturated rings. The average Bonchev–Trinajstić information content (AvgIpc) is 2.27. The minimum Gasteiger partial charge on any atom is -0.388 e. The van der Waals surface area contributed by atoms with E-state index in [2.05, 4.69) is 0 Å². The number of hydrogen-bond acceptors (Lipinski definition) is 3. The fourth-order valence-corrected chi connectivity index (χ4v) is 3.48. The van der Waals surface area contributed by atoms with Gasteiger partial charge in [-0.05, 0) is 32.6 Å². The van der Waals surface area contributed by atoms with Crippen LogP contribution in [0, 0.1) is 17.8 Å². The summed E-state index contributed by atoms with van der Waals surface area (Å²) in [7, 11) is 0. The summed E-state index contributed by atoms with van der Waals surface area (Å²) in [5, 5.41) is 10.9. The van der Waals surface area contributed by atoms with Gasteiger partial charge in [0.25, 0.3) is 0 Å². The van der Waals surface area contributed by atoms with Gasteiger partial charge < -0.3 is 5.11 Å². The Morgan fingerprint density at radius 3 is 2.44 bits per heavy atom. The zero-order chi connectivity index (χ0) is 13.7. The van der Waals surface area contributed by atoms with Crippen molar-refractivity contribution in [3.05, 3.63) is 11.1 Å². The summed E-state index contributed by atoms with van der Waals surface area (Å²) in [6.07, 6.45) is 1.70. The van der Waals surface area contributed by atoms with Crippen LogP contribution in [-0.4, -0.2) is 22.3 Å². The van der Waals surface area contributed by atoms with Gasteiger partial charge in [0.05, 0.1) is 11.5 Å². The van der Waals surface area contributed by atoms with Crippen molar-refractivity contribution >= 4 is 11.6 Å². The Hall–Kier alpha value is -0.960. The molecule has 2 rings (SSSR count). The van der Waals surface area contributed by atoms with E-state index in [1.807, 2.05) is 27.7 Å². The predicted octanol–water partition coefficient (Wildman–Crippen LogP) is 2.28. The second kappa shape index (κ2) is 4.30. The lowest BCUT2D eigenvalue weighted by Crippen LogP contribution is -2.57. The first kappa shape index (κ1) is 13.5. The maximum atomic E-state index is 12.4. The van der Waals surface area contributed by atoms with E-state index in [0.29, 0.717) is 18.4 Å². The highest BCUT2D eigenvalue weighted by molar-refractivity contribution is 6.05. The Kier molecular flexibility index (Phi) is 3.22. The molecule has 0 amide bonds. The normalized spacial score (nSPS) is 40.7. The van der Waals surface area contributed by atoms with Crippen LogP contribution in [0.15, 0.2) is 11.1 Å². The Balaban J connectivity index is 2.56. The lowest BCUT2D eigenvalue weighted by atomic mass is 9.57. The molecule has 4 atom stereocenters. The first-order valence-electron chi connectivity index (χ1n) is 6.75. The van der Waals surface area contributed by atoms with Gasteiger partial charge in [0.1, 0.15) is 5.78 Å². The van der Waals surface area contributed by atoms with Crippen molar-refractivity contribution in [3.63, 3.8) is 0 Å². The molecule has 3 heteroatoms. The van der Waals surface area contributed by atoms with Crippen molar-refractivity contribution in [1.29, 1.82) is 0 Å². The summed E-state index contributed by atoms with van der Waals surface area (Å²) >= 11 is 0. The molecule has 0 heterocycles. The molecule has 2 aliphatic carbocycles. The summed E-state index contributed by atoms with van der Waals surface area (Å²) in [6, 6.07) is 0. The first-order chi connectivity index (χ1) is 8.29. The minimum absolute atomic E-state index is 0.0413. The number of aliphatic hydroxyl groups is 1. The Morgan fingerprint density at radius 1 is 1.28 bits per heavy atom. The number of carbonyl (C=O) groups is 2. The van der Waals surface area contributed by atoms with Gasteiger partial charge >= 0.3 is 0 Å². The molecule has 0 saturated heterocycles. The van der Waals surface area contributed by atoms with E-state index in [0.717, 1.165) is 12.0 Å². The number of allylic oxidation sites excluding steroid dienone is 1. The molecule has 0 aliphatic heterocycles. The van der Waals surface area contributed by atoms with Crippen LogP contribution in [0.3, 0.4) is 0 Å². The lowest BCUT2D eigenvalue weighted by molar-refractivity contribution is -0.155. The third kappa shape index (κ3) is 1.76. The topological polar surface area (TPSA) is 54.4 Å². The van der Waals surface area contributed by atoms with E-state index in [9.17, 15) is 14.7 Å². The third-order valence-electron chi connectivity index (χ3n) is 4.72. The lowest BCUT2D eigenvalue weighted by Gasteiger charge is -2.49. The maximum Gasteiger partial charge on any atom is 0.160 e. The highest BCUT2D eigenvalue weighted by atomic mass is 16.3. The number of carbonyl (C=O) groups excluding carboxylic acids is 2. The van der Waals surface area contributed by atoms with Crippen LogP contribution >= 0.6 is 0 Å². The number of rotatable bonds is 0. The molecule has 0 bridgehead atoms. The summed E-state index contributed by atoms with van der Waals surface area (Å²) < 4.78 is 0. The second-order valence-corrected chi connectivity index (χ2v) is 6.21. The fourth-order valence-electron chi connectivity index (χ4n) is 3.48. The van der Waals surface area contributed by atoms with Crippen LogP contribution in [0.5, 0.6) is 0 Å². The number of fused-ring (bicyclic) bond motifs is 1. The van der Waals surface area contributed by atoms with Gasteiger partial charge in [-0.3, -0.25) is 9.59 Å². The minimum atomic E-state index is -1.01. The van der Waals surface area contributed by atoms with E-state index in [4.69, 9.17) is 0 Å². The van der Waals surface area contributed by atoms with Crippen LogP contribution in [-0.2, 0) is 9.59 Å². The first-order valence-corrected chi connectivity index (χ1v) is 6.75. The Bertz CT molecular complexity index is 431. The molecule has 0 spiro atoms. The molecule has 0 aromatic rings. The molecule has 100 valence electrons. The summed E-state index contributed by atoms with van der Waals surface area (Å²) in [4.78, 5) is 24.6. The van der Waals surface area contributed by atoms with E-state index in [1.54, 1.807) is 0 Å². The van der Waals surface area contributed by atoms with Crippen molar-refractivity contribution < 1.29 is 14.7 Å². The van der Waals surface area contributed by atoms with Gasteiger partial charge in [-0.15, -0.1) is 0 Å². The van der Waals surface area contributed by atoms with Crippen LogP contribution in [0.2, 0.25) is 0 Å². The fraction of sp³-hybridized carbons (Fsp3) is 0.733. The summed E-state index contributed by atoms with van der Waals surface area (Å²) in [6.45, 7) is 7.50. The summed E-state index contributed by atoms with van der Waals surface area (Å²) in [5.74, 6) is -0.695. The highest BCUT2D eigenvalue weighted by Gasteiger charge is 2.55. The van der Waals surface area contributed by atoms with Gasteiger partial charge in [-0.1, -0.05) is 19.4 Å². The standard InChI is InChI=1S/C15H22O3/c1-8(2)12-11(16)7-10(4)15(18)6-5-9(3)14(17)13(12)15/h9-10,13,18H,5-7H2,1-4H3/t9-,10-,13-,15-/m1/s1. The SMILES string of the molecule is CC(C)=C1C(=O)C[C@@H](C)[C@]2(O)CC[C@@H](C)C(=O)[C@@H]12. The van der Waals surface area contributed by atoms with Crippen molar-refractivity contribution in [3.8, 4) is 0 Å². The Labute approximate surface area is 108 Å². The molecule has 0 aromatic heterocycles. The zero-order valence-electron chi connectivity index (χ0n) is 11.6. The van der Waals surface area contributed by atoms with Gasteiger partial charge in [0.2, 0.25) is 0 Å². The Morgan fingerprint density at radius 2 is 1.89 bits per heavy atom. The molecule has 0 aromatic carbocycles. The molecule has 0 unspecified atom stereocenters. The number of ketones is 2. The predicted molar refractivity (Wildman–Crippen MR) is 69.0 cm³/mol. The van der Waals surface area contributed by atoms with Crippen LogP contribution in [0.4, 0.5) is 0 Å². The highest BCUT2D eigenvalue weighted by Crippen LogP contribution is 2.48. The molecule has 3 nitrogen and oxygen atoms in total. The van der Waals surface area contributed by atoms with Gasteiger partial charge in [0, 0.05) is 17.9 Å². The molecule has 2 saturated carbocycles. The van der Waals surface area contributed by atoms with E-state index in [1.165, 1.54) is 0 Å². The molecule has 0 radical (unpaired) electrons. The second-order valence-electron chi connectivity index (χ2n) is 6.21. The van der Waals surface area contributed by atoms with E-state index in [-0.39, 0.29) is 23.4 Å². The molecular formula is C15H22O3. The number of hydrogen-bond donors (Lipinski definition) is 1. The van der Waals surface area contributed by atoms with Crippen LogP contribution in [0.1, 0.15) is 47.0 Å². The van der Waals surface area contributed by atoms with E-state index >= 15 is 0 Å². The van der Waals surface area contributed by atoms with Crippen LogP contribution < -0.4 is 0 Å². The third-order valence-corrected chi connectivity index (χ3v) is 4.72. The molecule has 2 aliphatic rings. The number of Topliss-reactive ketones (excluding diaryl/α,β-unsaturated/α-hetero) is 2. The molecule has 18 heavy (non-hydrogen) atoms. The summed E-state index contributed by atoms with van der Waals surface area (Å²) in [5.41, 5.74) is 0.439. The molecule has 1 N–H and O–H groups in total. The van der Waals surface area contributed by atoms with Crippen LogP contribution in [0.25, 0.3) is 0 Å². The zero-order valence-corrected chi connectivity index (χ0v) is 11.6. The van der Waals surface area contributed by atoms with Crippen molar-refractivity contribution in [2.24, 2.45) is 17.8 Å². The largest absolute Gasteiger partial charge is 0.388 e. The van der Waals surface area contributed by atoms with Crippen molar-refractivity contribution in [2.45, 2.75) is 52.6 Å². The monoisotopic (exact) mass is 250 g/mol. The van der Waals surface area contributed by atoms with E-state index < -0.39 is 11.5 Å². The van der Waals surface area contributed by atoms with Crippen molar-refractivity contribution in [2.75, 3.05) is 0 Å². The molecular weight excluding hydrogens is 228 g/mol. The van der Waals surface area contributed by atoms with Gasteiger partial charge in [-0.25, -0.2) is 0 Å². The average molecular weight is 250 g/mol. The maximum absolute atomic E-state index is 12.4. The smallest absolute Gasteiger partial charge is 0.160 e. The van der Waals surface area contributed by atoms with Gasteiger partial charge in [0.15, 0.2) is 5.78 Å².